The smallest absolute Gasteiger partial charge is 0.372 e. The monoisotopic (exact) mass is 195 g/mol. The van der Waals surface area contributed by atoms with Crippen molar-refractivity contribution in [2.24, 2.45) is 5.73 Å². The Morgan fingerprint density at radius 3 is 2.54 bits per heavy atom. The molecule has 0 saturated carbocycles. The molecular weight excluding hydrogens is 183 g/mol. The molecule has 0 aromatic rings. The van der Waals surface area contributed by atoms with E-state index in [1.165, 1.54) is 0 Å². The Labute approximate surface area is 75.2 Å². The lowest BCUT2D eigenvalue weighted by Crippen LogP contribution is -2.23. The molecule has 0 amide bonds. The number of alkyl halides is 3. The van der Waals surface area contributed by atoms with Crippen molar-refractivity contribution < 1.29 is 17.9 Å². The molecule has 0 aliphatic carbocycles. The molecule has 5 heteroatoms. The second kappa shape index (κ2) is 5.84. The van der Waals surface area contributed by atoms with E-state index in [9.17, 15) is 13.2 Å². The van der Waals surface area contributed by atoms with Crippen LogP contribution in [0.3, 0.4) is 0 Å². The van der Waals surface area contributed by atoms with E-state index >= 15 is 0 Å². The van der Waals surface area contributed by atoms with Crippen molar-refractivity contribution in [3.8, 4) is 12.3 Å². The Balaban J connectivity index is 3.32. The van der Waals surface area contributed by atoms with Crippen LogP contribution in [0.15, 0.2) is 0 Å². The lowest BCUT2D eigenvalue weighted by atomic mass is 10.2. The minimum absolute atomic E-state index is 0.0116. The first-order valence-corrected chi connectivity index (χ1v) is 3.79. The van der Waals surface area contributed by atoms with Gasteiger partial charge in [-0.1, -0.05) is 0 Å². The standard InChI is InChI=1S/C8H12F3NO/c1-2-3-7(12)4-5-13-6-8(9,10)11/h1,7H,3-6,12H2. The van der Waals surface area contributed by atoms with Crippen LogP contribution in [0.4, 0.5) is 13.2 Å². The van der Waals surface area contributed by atoms with Crippen molar-refractivity contribution in [3.63, 3.8) is 0 Å². The van der Waals surface area contributed by atoms with Crippen LogP contribution in [0.2, 0.25) is 0 Å². The van der Waals surface area contributed by atoms with E-state index in [1.807, 2.05) is 0 Å². The third-order valence-electron chi connectivity index (χ3n) is 1.28. The fourth-order valence-electron chi connectivity index (χ4n) is 0.676. The first kappa shape index (κ1) is 12.3. The Hall–Kier alpha value is -0.730. The van der Waals surface area contributed by atoms with Gasteiger partial charge in [-0.2, -0.15) is 13.2 Å². The summed E-state index contributed by atoms with van der Waals surface area (Å²) in [6, 6.07) is -0.279. The Morgan fingerprint density at radius 2 is 2.08 bits per heavy atom. The van der Waals surface area contributed by atoms with E-state index in [0.717, 1.165) is 0 Å². The van der Waals surface area contributed by atoms with Crippen LogP contribution in [0.1, 0.15) is 12.8 Å². The van der Waals surface area contributed by atoms with Gasteiger partial charge < -0.3 is 10.5 Å². The highest BCUT2D eigenvalue weighted by Gasteiger charge is 2.27. The number of hydrogen-bond donors (Lipinski definition) is 1. The van der Waals surface area contributed by atoms with E-state index < -0.39 is 12.8 Å². The van der Waals surface area contributed by atoms with Gasteiger partial charge in [-0.3, -0.25) is 0 Å². The molecule has 2 nitrogen and oxygen atoms in total. The molecule has 13 heavy (non-hydrogen) atoms. The minimum atomic E-state index is -4.27. The van der Waals surface area contributed by atoms with Gasteiger partial charge in [-0.05, 0) is 6.42 Å². The maximum absolute atomic E-state index is 11.5. The fourth-order valence-corrected chi connectivity index (χ4v) is 0.676. The van der Waals surface area contributed by atoms with Crippen LogP contribution in [-0.4, -0.2) is 25.4 Å². The number of ether oxygens (including phenoxy) is 1. The van der Waals surface area contributed by atoms with Crippen molar-refractivity contribution in [1.29, 1.82) is 0 Å². The van der Waals surface area contributed by atoms with Gasteiger partial charge in [0.1, 0.15) is 6.61 Å². The molecule has 0 bridgehead atoms. The topological polar surface area (TPSA) is 35.2 Å². The quantitative estimate of drug-likeness (QED) is 0.530. The zero-order valence-electron chi connectivity index (χ0n) is 7.10. The molecule has 76 valence electrons. The van der Waals surface area contributed by atoms with E-state index in [0.29, 0.717) is 12.8 Å². The average Bonchev–Trinajstić information content (AvgIpc) is 1.97. The summed E-state index contributed by atoms with van der Waals surface area (Å²) >= 11 is 0. The fraction of sp³-hybridized carbons (Fsp3) is 0.750. The predicted octanol–water partition coefficient (Wildman–Crippen LogP) is 1.31. The van der Waals surface area contributed by atoms with Gasteiger partial charge >= 0.3 is 6.18 Å². The first-order valence-electron chi connectivity index (χ1n) is 3.79. The molecule has 0 saturated heterocycles. The van der Waals surface area contributed by atoms with Crippen molar-refractivity contribution in [3.05, 3.63) is 0 Å². The van der Waals surface area contributed by atoms with Crippen LogP contribution < -0.4 is 5.73 Å². The second-order valence-corrected chi connectivity index (χ2v) is 2.62. The molecule has 1 unspecified atom stereocenters. The normalized spacial score (nSPS) is 13.8. The summed E-state index contributed by atoms with van der Waals surface area (Å²) in [5.41, 5.74) is 5.43. The largest absolute Gasteiger partial charge is 0.411 e. The molecule has 0 rings (SSSR count). The molecule has 0 aromatic heterocycles. The lowest BCUT2D eigenvalue weighted by molar-refractivity contribution is -0.174. The lowest BCUT2D eigenvalue weighted by Gasteiger charge is -2.10. The Bertz CT molecular complexity index is 173. The molecule has 0 aliphatic heterocycles. The highest BCUT2D eigenvalue weighted by Crippen LogP contribution is 2.14. The summed E-state index contributed by atoms with van der Waals surface area (Å²) in [5, 5.41) is 0. The van der Waals surface area contributed by atoms with Crippen molar-refractivity contribution in [2.45, 2.75) is 25.1 Å². The zero-order valence-corrected chi connectivity index (χ0v) is 7.10. The number of terminal acetylenes is 1. The highest BCUT2D eigenvalue weighted by atomic mass is 19.4. The van der Waals surface area contributed by atoms with Crippen molar-refractivity contribution in [1.82, 2.24) is 0 Å². The van der Waals surface area contributed by atoms with E-state index in [1.54, 1.807) is 0 Å². The van der Waals surface area contributed by atoms with Crippen LogP contribution in [0.5, 0.6) is 0 Å². The maximum atomic E-state index is 11.5. The van der Waals surface area contributed by atoms with E-state index in [-0.39, 0.29) is 12.6 Å². The van der Waals surface area contributed by atoms with Crippen LogP contribution in [-0.2, 0) is 4.74 Å². The van der Waals surface area contributed by atoms with Gasteiger partial charge in [0, 0.05) is 19.1 Å². The van der Waals surface area contributed by atoms with Crippen LogP contribution in [0, 0.1) is 12.3 Å². The number of rotatable bonds is 5. The van der Waals surface area contributed by atoms with Gasteiger partial charge in [0.15, 0.2) is 0 Å². The summed E-state index contributed by atoms with van der Waals surface area (Å²) < 4.78 is 39.0. The van der Waals surface area contributed by atoms with Gasteiger partial charge in [0.05, 0.1) is 0 Å². The summed E-state index contributed by atoms with van der Waals surface area (Å²) in [7, 11) is 0. The van der Waals surface area contributed by atoms with Crippen molar-refractivity contribution in [2.75, 3.05) is 13.2 Å². The summed E-state index contributed by atoms with van der Waals surface area (Å²) in [5.74, 6) is 2.32. The van der Waals surface area contributed by atoms with Gasteiger partial charge in [0.25, 0.3) is 0 Å². The maximum Gasteiger partial charge on any atom is 0.411 e. The summed E-state index contributed by atoms with van der Waals surface area (Å²) in [4.78, 5) is 0. The molecule has 0 fully saturated rings. The Kier molecular flexibility index (Phi) is 5.51. The third kappa shape index (κ3) is 9.18. The summed E-state index contributed by atoms with van der Waals surface area (Å²) in [6.07, 6.45) is 1.39. The number of nitrogens with two attached hydrogens (primary N) is 1. The molecule has 0 radical (unpaired) electrons. The van der Waals surface area contributed by atoms with E-state index in [2.05, 4.69) is 10.7 Å². The average molecular weight is 195 g/mol. The van der Waals surface area contributed by atoms with Gasteiger partial charge in [-0.15, -0.1) is 12.3 Å². The first-order chi connectivity index (χ1) is 5.95. The number of halogens is 3. The van der Waals surface area contributed by atoms with E-state index in [4.69, 9.17) is 12.2 Å². The zero-order chi connectivity index (χ0) is 10.3. The van der Waals surface area contributed by atoms with Crippen LogP contribution in [0.25, 0.3) is 0 Å². The van der Waals surface area contributed by atoms with Crippen LogP contribution >= 0.6 is 0 Å². The minimum Gasteiger partial charge on any atom is -0.372 e. The van der Waals surface area contributed by atoms with Gasteiger partial charge in [-0.25, -0.2) is 0 Å². The predicted molar refractivity (Wildman–Crippen MR) is 42.9 cm³/mol. The molecule has 0 aromatic carbocycles. The van der Waals surface area contributed by atoms with Crippen molar-refractivity contribution >= 4 is 0 Å². The molecule has 1 atom stereocenters. The molecule has 0 spiro atoms. The molecule has 0 aliphatic rings. The Morgan fingerprint density at radius 1 is 1.46 bits per heavy atom. The summed E-state index contributed by atoms with van der Waals surface area (Å²) in [6.45, 7) is -1.24. The molecule has 2 N–H and O–H groups in total. The molecule has 0 heterocycles. The highest BCUT2D eigenvalue weighted by molar-refractivity contribution is 4.88. The number of hydrogen-bond acceptors (Lipinski definition) is 2. The molecular formula is C8H12F3NO. The third-order valence-corrected chi connectivity index (χ3v) is 1.28. The second-order valence-electron chi connectivity index (χ2n) is 2.62. The SMILES string of the molecule is C#CCC(N)CCOCC(F)(F)F. The van der Waals surface area contributed by atoms with Gasteiger partial charge in [0.2, 0.25) is 0 Å².